The monoisotopic (exact) mass is 494 g/mol. The van der Waals surface area contributed by atoms with Gasteiger partial charge in [0.05, 0.1) is 20.3 Å². The molecule has 1 spiro atoms. The molecule has 0 amide bonds. The van der Waals surface area contributed by atoms with Crippen LogP contribution in [0.1, 0.15) is 38.5 Å². The zero-order valence-corrected chi connectivity index (χ0v) is 21.6. The van der Waals surface area contributed by atoms with Gasteiger partial charge < -0.3 is 14.2 Å². The van der Waals surface area contributed by atoms with E-state index >= 15 is 0 Å². The summed E-state index contributed by atoms with van der Waals surface area (Å²) < 4.78 is 16.7. The zero-order valence-electron chi connectivity index (χ0n) is 20.6. The number of Topliss-reactive ketones (excluding diaryl/α,β-unsaturated/α-hetero) is 2. The lowest BCUT2D eigenvalue weighted by molar-refractivity contribution is -0.209. The summed E-state index contributed by atoms with van der Waals surface area (Å²) in [6, 6.07) is 21.6. The molecule has 0 aromatic heterocycles. The van der Waals surface area contributed by atoms with Crippen molar-refractivity contribution in [2.45, 2.75) is 56.9 Å². The van der Waals surface area contributed by atoms with Crippen LogP contribution in [0.15, 0.2) is 60.7 Å². The molecule has 0 radical (unpaired) electrons. The molecule has 1 aliphatic heterocycles. The van der Waals surface area contributed by atoms with Crippen molar-refractivity contribution in [3.63, 3.8) is 0 Å². The number of ketones is 2. The molecule has 1 unspecified atom stereocenters. The lowest BCUT2D eigenvalue weighted by Gasteiger charge is -2.41. The van der Waals surface area contributed by atoms with Gasteiger partial charge >= 0.3 is 5.97 Å². The van der Waals surface area contributed by atoms with Gasteiger partial charge in [0.25, 0.3) is 0 Å². The number of esters is 1. The molecule has 6 nitrogen and oxygen atoms in total. The molecular formula is C28H34O6Si. The topological polar surface area (TPSA) is 78.9 Å². The van der Waals surface area contributed by atoms with Gasteiger partial charge in [0.15, 0.2) is 11.6 Å². The van der Waals surface area contributed by atoms with Crippen LogP contribution in [0, 0.1) is 5.41 Å². The summed E-state index contributed by atoms with van der Waals surface area (Å²) in [6.07, 6.45) is 1.38. The molecule has 4 rings (SSSR count). The van der Waals surface area contributed by atoms with E-state index in [2.05, 4.69) is 30.8 Å². The van der Waals surface area contributed by atoms with Gasteiger partial charge in [-0.2, -0.15) is 0 Å². The summed E-state index contributed by atoms with van der Waals surface area (Å²) in [5.41, 5.74) is -1.40. The van der Waals surface area contributed by atoms with Crippen LogP contribution < -0.4 is 10.4 Å². The van der Waals surface area contributed by atoms with Gasteiger partial charge in [0, 0.05) is 32.1 Å². The van der Waals surface area contributed by atoms with Crippen LogP contribution in [-0.4, -0.2) is 51.7 Å². The number of carbonyl (C=O) groups excluding carboxylic acids is 3. The summed E-state index contributed by atoms with van der Waals surface area (Å²) in [6.45, 7) is 3.17. The molecule has 7 heteroatoms. The molecule has 0 bridgehead atoms. The Labute approximate surface area is 208 Å². The van der Waals surface area contributed by atoms with Crippen LogP contribution >= 0.6 is 0 Å². The maximum absolute atomic E-state index is 13.2. The van der Waals surface area contributed by atoms with Gasteiger partial charge in [-0.05, 0) is 12.5 Å². The summed E-state index contributed by atoms with van der Waals surface area (Å²) in [5, 5.41) is 2.56. The summed E-state index contributed by atoms with van der Waals surface area (Å²) in [5.74, 6) is -1.66. The quantitative estimate of drug-likeness (QED) is 0.302. The number of carbonyl (C=O) groups is 3. The van der Waals surface area contributed by atoms with Crippen LogP contribution in [-0.2, 0) is 28.6 Å². The number of hydrogen-bond acceptors (Lipinski definition) is 6. The normalized spacial score (nSPS) is 21.7. The van der Waals surface area contributed by atoms with Crippen LogP contribution in [0.25, 0.3) is 0 Å². The van der Waals surface area contributed by atoms with Gasteiger partial charge in [0.1, 0.15) is 19.3 Å². The van der Waals surface area contributed by atoms with Crippen molar-refractivity contribution in [3.8, 4) is 0 Å². The van der Waals surface area contributed by atoms with Crippen molar-refractivity contribution in [1.29, 1.82) is 0 Å². The standard InChI is InChI=1S/C28H34O6Si/c1-32-26(31)27(21-28(17-14-25(27)30)33-18-19-34-28)16-13-22(29)15-20-35(2,23-9-5-3-6-10-23)24-11-7-4-8-12-24/h3-12H,13-21H2,1-2H3. The van der Waals surface area contributed by atoms with E-state index in [0.29, 0.717) is 26.1 Å². The van der Waals surface area contributed by atoms with Gasteiger partial charge in [-0.1, -0.05) is 77.6 Å². The smallest absolute Gasteiger partial charge is 0.319 e. The fraction of sp³-hybridized carbons (Fsp3) is 0.464. The molecule has 186 valence electrons. The first-order valence-electron chi connectivity index (χ1n) is 12.4. The number of benzene rings is 2. The first-order valence-corrected chi connectivity index (χ1v) is 15.1. The van der Waals surface area contributed by atoms with Crippen molar-refractivity contribution in [3.05, 3.63) is 60.7 Å². The molecule has 2 aliphatic rings. The number of rotatable bonds is 9. The molecule has 1 aliphatic carbocycles. The van der Waals surface area contributed by atoms with E-state index in [1.54, 1.807) is 0 Å². The Morgan fingerprint density at radius 3 is 2.06 bits per heavy atom. The van der Waals surface area contributed by atoms with Gasteiger partial charge in [-0.15, -0.1) is 0 Å². The molecule has 1 saturated carbocycles. The van der Waals surface area contributed by atoms with Crippen LogP contribution in [0.2, 0.25) is 12.6 Å². The second-order valence-electron chi connectivity index (χ2n) is 9.88. The van der Waals surface area contributed by atoms with Crippen LogP contribution in [0.4, 0.5) is 0 Å². The average Bonchev–Trinajstić information content (AvgIpc) is 3.36. The van der Waals surface area contributed by atoms with E-state index in [-0.39, 0.29) is 37.2 Å². The van der Waals surface area contributed by atoms with E-state index in [0.717, 1.165) is 6.04 Å². The van der Waals surface area contributed by atoms with E-state index in [1.165, 1.54) is 17.5 Å². The number of hydrogen-bond donors (Lipinski definition) is 0. The minimum absolute atomic E-state index is 0.0551. The van der Waals surface area contributed by atoms with Crippen LogP contribution in [0.3, 0.4) is 0 Å². The third-order valence-corrected chi connectivity index (χ3v) is 12.2. The van der Waals surface area contributed by atoms with Crippen molar-refractivity contribution in [2.75, 3.05) is 20.3 Å². The summed E-state index contributed by atoms with van der Waals surface area (Å²) in [7, 11) is -0.854. The summed E-state index contributed by atoms with van der Waals surface area (Å²) in [4.78, 5) is 39.1. The minimum atomic E-state index is -2.14. The fourth-order valence-electron chi connectivity index (χ4n) is 5.58. The molecule has 2 aromatic rings. The largest absolute Gasteiger partial charge is 0.468 e. The van der Waals surface area contributed by atoms with Crippen LogP contribution in [0.5, 0.6) is 0 Å². The Bertz CT molecular complexity index is 998. The Balaban J connectivity index is 1.48. The van der Waals surface area contributed by atoms with Crippen molar-refractivity contribution >= 4 is 36.0 Å². The van der Waals surface area contributed by atoms with Gasteiger partial charge in [-0.3, -0.25) is 14.4 Å². The third kappa shape index (κ3) is 5.17. The second kappa shape index (κ2) is 10.6. The van der Waals surface area contributed by atoms with E-state index in [4.69, 9.17) is 14.2 Å². The number of ether oxygens (including phenoxy) is 3. The highest BCUT2D eigenvalue weighted by Gasteiger charge is 2.57. The van der Waals surface area contributed by atoms with Crippen molar-refractivity contribution in [1.82, 2.24) is 0 Å². The van der Waals surface area contributed by atoms with E-state index in [1.807, 2.05) is 36.4 Å². The van der Waals surface area contributed by atoms with Gasteiger partial charge in [-0.25, -0.2) is 0 Å². The first-order chi connectivity index (χ1) is 16.8. The predicted octanol–water partition coefficient (Wildman–Crippen LogP) is 3.27. The Morgan fingerprint density at radius 2 is 1.51 bits per heavy atom. The average molecular weight is 495 g/mol. The maximum atomic E-state index is 13.2. The highest BCUT2D eigenvalue weighted by Crippen LogP contribution is 2.47. The predicted molar refractivity (Wildman–Crippen MR) is 135 cm³/mol. The highest BCUT2D eigenvalue weighted by atomic mass is 28.3. The minimum Gasteiger partial charge on any atom is -0.468 e. The molecule has 2 fully saturated rings. The molecule has 1 saturated heterocycles. The SMILES string of the molecule is COC(=O)C1(CCC(=O)CC[Si](C)(c2ccccc2)c2ccccc2)CC2(CCC1=O)OCCO2. The lowest BCUT2D eigenvalue weighted by atomic mass is 9.67. The first kappa shape index (κ1) is 25.5. The molecular weight excluding hydrogens is 460 g/mol. The molecule has 0 N–H and O–H groups in total. The Kier molecular flexibility index (Phi) is 7.69. The summed E-state index contributed by atoms with van der Waals surface area (Å²) >= 11 is 0. The molecule has 35 heavy (non-hydrogen) atoms. The van der Waals surface area contributed by atoms with Crippen molar-refractivity contribution < 1.29 is 28.6 Å². The third-order valence-electron chi connectivity index (χ3n) is 7.78. The Morgan fingerprint density at radius 1 is 0.943 bits per heavy atom. The maximum Gasteiger partial charge on any atom is 0.319 e. The highest BCUT2D eigenvalue weighted by molar-refractivity contribution is 7.01. The lowest BCUT2D eigenvalue weighted by Crippen LogP contribution is -2.55. The fourth-order valence-corrected chi connectivity index (χ4v) is 9.13. The zero-order chi connectivity index (χ0) is 24.9. The Hall–Kier alpha value is -2.61. The molecule has 1 heterocycles. The van der Waals surface area contributed by atoms with E-state index < -0.39 is 25.2 Å². The molecule has 1 atom stereocenters. The van der Waals surface area contributed by atoms with Crippen molar-refractivity contribution in [2.24, 2.45) is 5.41 Å². The number of methoxy groups -OCH3 is 1. The van der Waals surface area contributed by atoms with Gasteiger partial charge in [0.2, 0.25) is 0 Å². The van der Waals surface area contributed by atoms with E-state index in [9.17, 15) is 14.4 Å². The molecule has 2 aromatic carbocycles. The second-order valence-corrected chi connectivity index (χ2v) is 14.2.